The number of hydrogen-bond donors (Lipinski definition) is 1. The molecule has 0 bridgehead atoms. The maximum Gasteiger partial charge on any atom is 0.247 e. The number of ether oxygens (including phenoxy) is 4. The summed E-state index contributed by atoms with van der Waals surface area (Å²) in [5, 5.41) is 11.0. The molecule has 1 aliphatic rings. The Kier molecular flexibility index (Phi) is 9.60. The van der Waals surface area contributed by atoms with Crippen molar-refractivity contribution < 1.29 is 36.9 Å². The van der Waals surface area contributed by atoms with Crippen molar-refractivity contribution in [2.75, 3.05) is 51.9 Å². The van der Waals surface area contributed by atoms with Crippen LogP contribution in [0.5, 0.6) is 23.0 Å². The van der Waals surface area contributed by atoms with Crippen LogP contribution in [0.15, 0.2) is 71.3 Å². The lowest BCUT2D eigenvalue weighted by Crippen LogP contribution is -2.37. The van der Waals surface area contributed by atoms with Gasteiger partial charge in [0.2, 0.25) is 17.7 Å². The highest BCUT2D eigenvalue weighted by molar-refractivity contribution is 5.92. The second-order valence-corrected chi connectivity index (χ2v) is 10.5. The molecule has 1 N–H and O–H groups in total. The topological polar surface area (TPSA) is 121 Å². The summed E-state index contributed by atoms with van der Waals surface area (Å²) in [4.78, 5) is 19.4. The van der Waals surface area contributed by atoms with Gasteiger partial charge in [-0.15, -0.1) is 10.2 Å². The summed E-state index contributed by atoms with van der Waals surface area (Å²) in [5.74, 6) is 0.00580. The van der Waals surface area contributed by atoms with Gasteiger partial charge in [-0.1, -0.05) is 0 Å². The average molecular weight is 632 g/mol. The van der Waals surface area contributed by atoms with E-state index in [2.05, 4.69) is 25.4 Å². The highest BCUT2D eigenvalue weighted by Crippen LogP contribution is 2.38. The molecule has 3 aromatic carbocycles. The number of morpholine rings is 1. The Hall–Kier alpha value is -5.14. The number of pyridine rings is 1. The minimum absolute atomic E-state index is 0.0475. The van der Waals surface area contributed by atoms with E-state index in [0.29, 0.717) is 40.3 Å². The first-order valence-corrected chi connectivity index (χ1v) is 14.7. The molecule has 1 fully saturated rings. The predicted octanol–water partition coefficient (Wildman–Crippen LogP) is 5.65. The third-order valence-electron chi connectivity index (χ3n) is 7.27. The molecule has 6 rings (SSSR count). The molecule has 0 radical (unpaired) electrons. The first kappa shape index (κ1) is 30.9. The zero-order valence-electron chi connectivity index (χ0n) is 25.0. The summed E-state index contributed by atoms with van der Waals surface area (Å²) in [6, 6.07) is 14.8. The molecule has 3 heterocycles. The summed E-state index contributed by atoms with van der Waals surface area (Å²) in [6.45, 7) is 4.79. The largest absolute Gasteiger partial charge is 0.493 e. The monoisotopic (exact) mass is 631 g/mol. The zero-order valence-corrected chi connectivity index (χ0v) is 25.0. The molecule has 0 aliphatic carbocycles. The van der Waals surface area contributed by atoms with Gasteiger partial charge < -0.3 is 28.7 Å². The van der Waals surface area contributed by atoms with E-state index in [4.69, 9.17) is 23.4 Å². The van der Waals surface area contributed by atoms with Crippen molar-refractivity contribution in [2.24, 2.45) is 0 Å². The quantitative estimate of drug-likeness (QED) is 0.173. The van der Waals surface area contributed by atoms with E-state index in [1.54, 1.807) is 31.5 Å². The summed E-state index contributed by atoms with van der Waals surface area (Å²) >= 11 is 0. The van der Waals surface area contributed by atoms with E-state index >= 15 is 4.39 Å². The number of amides is 1. The van der Waals surface area contributed by atoms with Gasteiger partial charge in [0.05, 0.1) is 32.4 Å². The third kappa shape index (κ3) is 7.56. The standard InChI is InChI=1S/C33H31F2N5O6/c1-42-29-18-24-26(19-30(29)44-14-2-11-40-12-15-43-16-13-40)36-10-9-27(24)45-28-8-7-23(17-25(28)35)37-31(41)20-32-38-39-33(46-32)21-3-5-22(34)6-4-21/h3-10,17-19H,2,11-16,20H2,1H3,(H,37,41). The Morgan fingerprint density at radius 2 is 1.78 bits per heavy atom. The van der Waals surface area contributed by atoms with Crippen LogP contribution >= 0.6 is 0 Å². The molecule has 238 valence electrons. The van der Waals surface area contributed by atoms with Crippen molar-refractivity contribution >= 4 is 22.5 Å². The Morgan fingerprint density at radius 3 is 2.57 bits per heavy atom. The fraction of sp³-hybridized carbons (Fsp3) is 0.273. The lowest BCUT2D eigenvalue weighted by molar-refractivity contribution is -0.115. The molecular weight excluding hydrogens is 600 g/mol. The smallest absolute Gasteiger partial charge is 0.247 e. The number of fused-ring (bicyclic) bond motifs is 1. The van der Waals surface area contributed by atoms with Crippen LogP contribution in [-0.4, -0.2) is 72.6 Å². The number of carbonyl (C=O) groups excluding carboxylic acids is 1. The van der Waals surface area contributed by atoms with Crippen LogP contribution < -0.4 is 19.5 Å². The van der Waals surface area contributed by atoms with Crippen molar-refractivity contribution in [3.8, 4) is 34.5 Å². The number of aromatic nitrogens is 3. The van der Waals surface area contributed by atoms with Crippen LogP contribution in [0.25, 0.3) is 22.4 Å². The molecule has 1 aliphatic heterocycles. The predicted molar refractivity (Wildman–Crippen MR) is 164 cm³/mol. The van der Waals surface area contributed by atoms with E-state index < -0.39 is 17.5 Å². The fourth-order valence-electron chi connectivity index (χ4n) is 4.94. The van der Waals surface area contributed by atoms with Gasteiger partial charge in [0.15, 0.2) is 23.1 Å². The normalized spacial score (nSPS) is 13.5. The molecular formula is C33H31F2N5O6. The molecule has 46 heavy (non-hydrogen) atoms. The molecule has 1 saturated heterocycles. The highest BCUT2D eigenvalue weighted by atomic mass is 19.1. The first-order valence-electron chi connectivity index (χ1n) is 14.7. The number of benzene rings is 3. The Morgan fingerprint density at radius 1 is 0.957 bits per heavy atom. The number of carbonyl (C=O) groups is 1. The maximum atomic E-state index is 15.1. The van der Waals surface area contributed by atoms with Gasteiger partial charge in [-0.2, -0.15) is 0 Å². The SMILES string of the molecule is COc1cc2c(Oc3ccc(NC(=O)Cc4nnc(-c5ccc(F)cc5)o4)cc3F)ccnc2cc1OCCCN1CCOCC1. The van der Waals surface area contributed by atoms with Crippen molar-refractivity contribution in [3.63, 3.8) is 0 Å². The summed E-state index contributed by atoms with van der Waals surface area (Å²) in [6.07, 6.45) is 2.18. The number of hydrogen-bond acceptors (Lipinski definition) is 10. The highest BCUT2D eigenvalue weighted by Gasteiger charge is 2.17. The number of nitrogens with one attached hydrogen (secondary N) is 1. The number of nitrogens with zero attached hydrogens (tertiary/aromatic N) is 4. The van der Waals surface area contributed by atoms with Gasteiger partial charge in [-0.3, -0.25) is 14.7 Å². The Labute approximate surface area is 263 Å². The molecule has 11 nitrogen and oxygen atoms in total. The molecule has 0 spiro atoms. The minimum Gasteiger partial charge on any atom is -0.493 e. The van der Waals surface area contributed by atoms with Crippen LogP contribution in [0.2, 0.25) is 0 Å². The molecule has 5 aromatic rings. The van der Waals surface area contributed by atoms with E-state index in [0.717, 1.165) is 45.3 Å². The van der Waals surface area contributed by atoms with Gasteiger partial charge in [-0.05, 0) is 55.0 Å². The van der Waals surface area contributed by atoms with E-state index in [1.165, 1.54) is 36.4 Å². The minimum atomic E-state index is -0.689. The second kappa shape index (κ2) is 14.3. The third-order valence-corrected chi connectivity index (χ3v) is 7.27. The van der Waals surface area contributed by atoms with Crippen LogP contribution in [0.4, 0.5) is 14.5 Å². The van der Waals surface area contributed by atoms with E-state index in [-0.39, 0.29) is 29.6 Å². The van der Waals surface area contributed by atoms with Crippen molar-refractivity contribution in [1.82, 2.24) is 20.1 Å². The van der Waals surface area contributed by atoms with Gasteiger partial charge in [0.1, 0.15) is 18.0 Å². The van der Waals surface area contributed by atoms with Crippen molar-refractivity contribution in [2.45, 2.75) is 12.8 Å². The molecule has 2 aromatic heterocycles. The fourth-order valence-corrected chi connectivity index (χ4v) is 4.94. The summed E-state index contributed by atoms with van der Waals surface area (Å²) in [7, 11) is 1.55. The van der Waals surface area contributed by atoms with Crippen LogP contribution in [0.1, 0.15) is 12.3 Å². The van der Waals surface area contributed by atoms with Gasteiger partial charge in [0, 0.05) is 54.6 Å². The Bertz CT molecular complexity index is 1810. The number of methoxy groups -OCH3 is 1. The number of rotatable bonds is 12. The number of halogens is 2. The number of anilines is 1. The molecule has 1 amide bonds. The molecule has 0 unspecified atom stereocenters. The molecule has 0 saturated carbocycles. The van der Waals surface area contributed by atoms with Crippen molar-refractivity contribution in [1.29, 1.82) is 0 Å². The van der Waals surface area contributed by atoms with E-state index in [1.807, 2.05) is 0 Å². The molecule has 13 heteroatoms. The van der Waals surface area contributed by atoms with Crippen molar-refractivity contribution in [3.05, 3.63) is 84.4 Å². The Balaban J connectivity index is 1.08. The van der Waals surface area contributed by atoms with Gasteiger partial charge in [0.25, 0.3) is 0 Å². The van der Waals surface area contributed by atoms with Crippen LogP contribution in [-0.2, 0) is 16.0 Å². The second-order valence-electron chi connectivity index (χ2n) is 10.5. The maximum absolute atomic E-state index is 15.1. The average Bonchev–Trinajstić information content (AvgIpc) is 3.53. The lowest BCUT2D eigenvalue weighted by atomic mass is 10.1. The van der Waals surface area contributed by atoms with Crippen LogP contribution in [0.3, 0.4) is 0 Å². The van der Waals surface area contributed by atoms with Crippen LogP contribution in [0, 0.1) is 11.6 Å². The van der Waals surface area contributed by atoms with Gasteiger partial charge >= 0.3 is 0 Å². The molecule has 0 atom stereocenters. The zero-order chi connectivity index (χ0) is 31.9. The first-order chi connectivity index (χ1) is 22.4. The summed E-state index contributed by atoms with van der Waals surface area (Å²) < 4.78 is 56.7. The van der Waals surface area contributed by atoms with E-state index in [9.17, 15) is 9.18 Å². The van der Waals surface area contributed by atoms with Gasteiger partial charge in [-0.25, -0.2) is 8.78 Å². The lowest BCUT2D eigenvalue weighted by Gasteiger charge is -2.26. The summed E-state index contributed by atoms with van der Waals surface area (Å²) in [5.41, 5.74) is 1.32.